The summed E-state index contributed by atoms with van der Waals surface area (Å²) in [6.45, 7) is 0.722. The lowest BCUT2D eigenvalue weighted by atomic mass is 10.1. The molecular formula is C11H11N3. The van der Waals surface area contributed by atoms with Gasteiger partial charge in [0.15, 0.2) is 0 Å². The molecule has 0 amide bonds. The normalized spacial score (nSPS) is 13.6. The van der Waals surface area contributed by atoms with Gasteiger partial charge in [-0.25, -0.2) is 5.84 Å². The van der Waals surface area contributed by atoms with Crippen LogP contribution in [-0.2, 0) is 6.67 Å². The molecule has 0 unspecified atom stereocenters. The minimum atomic E-state index is 0.722. The molecule has 1 aliphatic rings. The van der Waals surface area contributed by atoms with Gasteiger partial charge in [-0.3, -0.25) is 5.01 Å². The molecule has 2 heterocycles. The van der Waals surface area contributed by atoms with Crippen molar-refractivity contribution in [3.8, 4) is 11.3 Å². The van der Waals surface area contributed by atoms with Gasteiger partial charge in [-0.15, -0.1) is 0 Å². The zero-order valence-electron chi connectivity index (χ0n) is 7.72. The predicted molar refractivity (Wildman–Crippen MR) is 56.5 cm³/mol. The van der Waals surface area contributed by atoms with Gasteiger partial charge in [-0.1, -0.05) is 18.2 Å². The molecule has 0 aliphatic carbocycles. The molecule has 3 nitrogen and oxygen atoms in total. The first kappa shape index (κ1) is 7.64. The molecule has 2 aromatic rings. The van der Waals surface area contributed by atoms with Crippen molar-refractivity contribution in [2.45, 2.75) is 6.67 Å². The second-order valence-corrected chi connectivity index (χ2v) is 3.49. The van der Waals surface area contributed by atoms with E-state index in [1.807, 2.05) is 30.5 Å². The number of fused-ring (bicyclic) bond motifs is 3. The molecule has 0 fully saturated rings. The van der Waals surface area contributed by atoms with Crippen LogP contribution in [0.5, 0.6) is 0 Å². The number of para-hydroxylation sites is 1. The van der Waals surface area contributed by atoms with Crippen LogP contribution in [0.1, 0.15) is 0 Å². The third-order valence-electron chi connectivity index (χ3n) is 2.62. The minimum absolute atomic E-state index is 0.722. The van der Waals surface area contributed by atoms with Crippen molar-refractivity contribution < 1.29 is 0 Å². The topological polar surface area (TPSA) is 34.2 Å². The Kier molecular flexibility index (Phi) is 1.43. The van der Waals surface area contributed by atoms with Crippen LogP contribution in [0, 0.1) is 0 Å². The van der Waals surface area contributed by atoms with Gasteiger partial charge in [0, 0.05) is 11.8 Å². The summed E-state index contributed by atoms with van der Waals surface area (Å²) >= 11 is 0. The average Bonchev–Trinajstić information content (AvgIpc) is 2.66. The Morgan fingerprint density at radius 3 is 2.86 bits per heavy atom. The molecule has 0 saturated heterocycles. The van der Waals surface area contributed by atoms with Gasteiger partial charge in [-0.05, 0) is 18.2 Å². The summed E-state index contributed by atoms with van der Waals surface area (Å²) in [6, 6.07) is 12.4. The monoisotopic (exact) mass is 185 g/mol. The van der Waals surface area contributed by atoms with Gasteiger partial charge >= 0.3 is 0 Å². The van der Waals surface area contributed by atoms with Crippen LogP contribution in [0.15, 0.2) is 42.6 Å². The van der Waals surface area contributed by atoms with Crippen LogP contribution in [-0.4, -0.2) is 4.57 Å². The fraction of sp³-hybridized carbons (Fsp3) is 0.0909. The molecule has 2 N–H and O–H groups in total. The van der Waals surface area contributed by atoms with Gasteiger partial charge < -0.3 is 4.57 Å². The molecule has 14 heavy (non-hydrogen) atoms. The summed E-state index contributed by atoms with van der Waals surface area (Å²) in [7, 11) is 0. The molecule has 0 bridgehead atoms. The van der Waals surface area contributed by atoms with Crippen molar-refractivity contribution in [1.82, 2.24) is 4.57 Å². The molecule has 3 heteroatoms. The maximum absolute atomic E-state index is 5.93. The SMILES string of the molecule is NN1Cn2cccc2-c2ccccc21. The fourth-order valence-electron chi connectivity index (χ4n) is 1.96. The molecule has 0 atom stereocenters. The third kappa shape index (κ3) is 0.900. The maximum atomic E-state index is 5.93. The summed E-state index contributed by atoms with van der Waals surface area (Å²) in [4.78, 5) is 0. The quantitative estimate of drug-likeness (QED) is 0.635. The number of aromatic nitrogens is 1. The number of hydrogen-bond acceptors (Lipinski definition) is 2. The molecule has 1 aromatic heterocycles. The third-order valence-corrected chi connectivity index (χ3v) is 2.62. The van der Waals surface area contributed by atoms with Crippen LogP contribution < -0.4 is 10.9 Å². The second kappa shape index (κ2) is 2.62. The molecule has 1 aromatic carbocycles. The maximum Gasteiger partial charge on any atom is 0.109 e. The zero-order chi connectivity index (χ0) is 9.54. The van der Waals surface area contributed by atoms with E-state index in [-0.39, 0.29) is 0 Å². The molecule has 0 spiro atoms. The number of nitrogens with zero attached hydrogens (tertiary/aromatic N) is 2. The molecule has 1 aliphatic heterocycles. The van der Waals surface area contributed by atoms with Crippen LogP contribution in [0.4, 0.5) is 5.69 Å². The van der Waals surface area contributed by atoms with Crippen molar-refractivity contribution in [3.63, 3.8) is 0 Å². The number of rotatable bonds is 0. The molecular weight excluding hydrogens is 174 g/mol. The first-order valence-corrected chi connectivity index (χ1v) is 4.63. The van der Waals surface area contributed by atoms with Crippen molar-refractivity contribution in [2.75, 3.05) is 5.01 Å². The predicted octanol–water partition coefficient (Wildman–Crippen LogP) is 1.81. The fourth-order valence-corrected chi connectivity index (χ4v) is 1.96. The van der Waals surface area contributed by atoms with Crippen molar-refractivity contribution >= 4 is 5.69 Å². The lowest BCUT2D eigenvalue weighted by Gasteiger charge is -2.28. The van der Waals surface area contributed by atoms with E-state index in [4.69, 9.17) is 5.84 Å². The van der Waals surface area contributed by atoms with Gasteiger partial charge in [-0.2, -0.15) is 0 Å². The lowest BCUT2D eigenvalue weighted by Crippen LogP contribution is -2.35. The van der Waals surface area contributed by atoms with Crippen molar-refractivity contribution in [3.05, 3.63) is 42.6 Å². The summed E-state index contributed by atoms with van der Waals surface area (Å²) in [5.41, 5.74) is 3.53. The summed E-state index contributed by atoms with van der Waals surface area (Å²) in [5, 5.41) is 1.77. The highest BCUT2D eigenvalue weighted by Crippen LogP contribution is 2.33. The van der Waals surface area contributed by atoms with Crippen LogP contribution in [0.3, 0.4) is 0 Å². The van der Waals surface area contributed by atoms with E-state index >= 15 is 0 Å². The second-order valence-electron chi connectivity index (χ2n) is 3.49. The number of hydrazine groups is 1. The Balaban J connectivity index is 2.30. The number of benzene rings is 1. The van der Waals surface area contributed by atoms with Crippen molar-refractivity contribution in [1.29, 1.82) is 0 Å². The molecule has 0 saturated carbocycles. The summed E-state index contributed by atoms with van der Waals surface area (Å²) in [6.07, 6.45) is 2.05. The first-order valence-electron chi connectivity index (χ1n) is 4.63. The van der Waals surface area contributed by atoms with E-state index < -0.39 is 0 Å². The summed E-state index contributed by atoms with van der Waals surface area (Å²) in [5.74, 6) is 5.93. The van der Waals surface area contributed by atoms with E-state index in [9.17, 15) is 0 Å². The largest absolute Gasteiger partial charge is 0.328 e. The number of nitrogens with two attached hydrogens (primary N) is 1. The standard InChI is InChI=1S/C11H11N3/c12-14-8-13-7-3-6-10(13)9-4-1-2-5-11(9)14/h1-7H,8,12H2. The first-order chi connectivity index (χ1) is 6.86. The van der Waals surface area contributed by atoms with Gasteiger partial charge in [0.1, 0.15) is 6.67 Å². The highest BCUT2D eigenvalue weighted by atomic mass is 15.5. The van der Waals surface area contributed by atoms with Crippen LogP contribution >= 0.6 is 0 Å². The van der Waals surface area contributed by atoms with Gasteiger partial charge in [0.25, 0.3) is 0 Å². The van der Waals surface area contributed by atoms with E-state index in [1.54, 1.807) is 5.01 Å². The molecule has 3 rings (SSSR count). The highest BCUT2D eigenvalue weighted by Gasteiger charge is 2.17. The Hall–Kier alpha value is -1.74. The summed E-state index contributed by atoms with van der Waals surface area (Å²) < 4.78 is 2.14. The zero-order valence-corrected chi connectivity index (χ0v) is 7.72. The number of hydrogen-bond donors (Lipinski definition) is 1. The van der Waals surface area contributed by atoms with Crippen LogP contribution in [0.2, 0.25) is 0 Å². The van der Waals surface area contributed by atoms with Gasteiger partial charge in [0.05, 0.1) is 11.4 Å². The van der Waals surface area contributed by atoms with Gasteiger partial charge in [0.2, 0.25) is 0 Å². The Morgan fingerprint density at radius 1 is 1.07 bits per heavy atom. The Bertz CT molecular complexity index is 473. The average molecular weight is 185 g/mol. The Labute approximate surface area is 82.3 Å². The highest BCUT2D eigenvalue weighted by molar-refractivity contribution is 5.78. The number of anilines is 1. The van der Waals surface area contributed by atoms with Crippen LogP contribution in [0.25, 0.3) is 11.3 Å². The molecule has 0 radical (unpaired) electrons. The minimum Gasteiger partial charge on any atom is -0.328 e. The van der Waals surface area contributed by atoms with E-state index in [0.717, 1.165) is 12.4 Å². The van der Waals surface area contributed by atoms with E-state index in [2.05, 4.69) is 16.7 Å². The Morgan fingerprint density at radius 2 is 1.93 bits per heavy atom. The van der Waals surface area contributed by atoms with E-state index in [1.165, 1.54) is 11.3 Å². The lowest BCUT2D eigenvalue weighted by molar-refractivity contribution is 0.650. The molecule has 70 valence electrons. The smallest absolute Gasteiger partial charge is 0.109 e. The van der Waals surface area contributed by atoms with Crippen molar-refractivity contribution in [2.24, 2.45) is 5.84 Å². The van der Waals surface area contributed by atoms with E-state index in [0.29, 0.717) is 0 Å².